The number of halogens is 9. The first-order chi connectivity index (χ1) is 6.36. The van der Waals surface area contributed by atoms with Crippen molar-refractivity contribution in [2.24, 2.45) is 0 Å². The molecular weight excluding hydrogens is 251 g/mol. The summed E-state index contributed by atoms with van der Waals surface area (Å²) in [5.74, 6) is 0. The minimum atomic E-state index is -6.07. The quantitative estimate of drug-likeness (QED) is 0.436. The van der Waals surface area contributed by atoms with Crippen LogP contribution in [0.15, 0.2) is 0 Å². The second kappa shape index (κ2) is 4.04. The zero-order chi connectivity index (χ0) is 12.5. The Morgan fingerprint density at radius 2 is 1.13 bits per heavy atom. The summed E-state index contributed by atoms with van der Waals surface area (Å²) in [6.07, 6.45) is -22.5. The molecule has 0 aliphatic heterocycles. The minimum Gasteiger partial charge on any atom is -0.227 e. The molecule has 0 saturated carbocycles. The van der Waals surface area contributed by atoms with E-state index in [-0.39, 0.29) is 0 Å². The van der Waals surface area contributed by atoms with Crippen LogP contribution in [0.3, 0.4) is 0 Å². The lowest BCUT2D eigenvalue weighted by Crippen LogP contribution is -2.44. The van der Waals surface area contributed by atoms with E-state index in [2.05, 4.69) is 0 Å². The van der Waals surface area contributed by atoms with Gasteiger partial charge in [-0.15, -0.1) is 18.1 Å². The van der Waals surface area contributed by atoms with Crippen molar-refractivity contribution in [1.29, 1.82) is 0 Å². The highest BCUT2D eigenvalue weighted by Gasteiger charge is 2.60. The maximum absolute atomic E-state index is 11.9. The number of hydrogen-bond donors (Lipinski definition) is 0. The lowest BCUT2D eigenvalue weighted by atomic mass is 10.3. The van der Waals surface area contributed by atoms with E-state index < -0.39 is 24.8 Å². The molecule has 0 saturated heterocycles. The van der Waals surface area contributed by atoms with Crippen LogP contribution in [-0.2, 0) is 9.78 Å². The van der Waals surface area contributed by atoms with Gasteiger partial charge in [0.1, 0.15) is 0 Å². The largest absolute Gasteiger partial charge is 0.549 e. The Bertz CT molecular complexity index is 205. The fraction of sp³-hybridized carbons (Fsp3) is 1.00. The molecule has 15 heavy (non-hydrogen) atoms. The van der Waals surface area contributed by atoms with Gasteiger partial charge in [0.25, 0.3) is 6.17 Å². The van der Waals surface area contributed by atoms with E-state index in [9.17, 15) is 39.5 Å². The lowest BCUT2D eigenvalue weighted by molar-refractivity contribution is -0.561. The molecule has 0 aliphatic rings. The molecule has 0 fully saturated rings. The van der Waals surface area contributed by atoms with Gasteiger partial charge < -0.3 is 0 Å². The fourth-order valence-electron chi connectivity index (χ4n) is 0.336. The summed E-state index contributed by atoms with van der Waals surface area (Å²) in [4.78, 5) is 3.95. The highest BCUT2D eigenvalue weighted by atomic mass is 19.4. The van der Waals surface area contributed by atoms with Crippen molar-refractivity contribution in [1.82, 2.24) is 0 Å². The molecule has 0 radical (unpaired) electrons. The summed E-state index contributed by atoms with van der Waals surface area (Å²) < 4.78 is 103. The Morgan fingerprint density at radius 1 is 0.733 bits per heavy atom. The van der Waals surface area contributed by atoms with E-state index in [0.29, 0.717) is 0 Å². The van der Waals surface area contributed by atoms with Gasteiger partial charge in [0, 0.05) is 0 Å². The van der Waals surface area contributed by atoms with Gasteiger partial charge in [-0.05, 0) is 0 Å². The van der Waals surface area contributed by atoms with E-state index in [1.54, 1.807) is 0 Å². The van der Waals surface area contributed by atoms with Crippen LogP contribution in [0, 0.1) is 0 Å². The Kier molecular flexibility index (Phi) is 3.85. The summed E-state index contributed by atoms with van der Waals surface area (Å²) >= 11 is 0. The third kappa shape index (κ3) is 5.06. The Morgan fingerprint density at radius 3 is 1.40 bits per heavy atom. The topological polar surface area (TPSA) is 18.5 Å². The fourth-order valence-corrected chi connectivity index (χ4v) is 0.336. The lowest BCUT2D eigenvalue weighted by Gasteiger charge is -2.21. The molecule has 0 aromatic heterocycles. The molecule has 0 aliphatic carbocycles. The summed E-state index contributed by atoms with van der Waals surface area (Å²) in [6.45, 7) is 0. The number of rotatable bonds is 3. The zero-order valence-corrected chi connectivity index (χ0v) is 6.30. The Balaban J connectivity index is 4.43. The van der Waals surface area contributed by atoms with Crippen LogP contribution in [0.4, 0.5) is 39.5 Å². The van der Waals surface area contributed by atoms with Crippen molar-refractivity contribution >= 4 is 0 Å². The highest BCUT2D eigenvalue weighted by molar-refractivity contribution is 4.74. The van der Waals surface area contributed by atoms with Crippen LogP contribution in [-0.4, -0.2) is 24.8 Å². The van der Waals surface area contributed by atoms with Crippen LogP contribution in [0.5, 0.6) is 0 Å². The molecule has 0 amide bonds. The first kappa shape index (κ1) is 14.3. The smallest absolute Gasteiger partial charge is 0.227 e. The van der Waals surface area contributed by atoms with Gasteiger partial charge in [0.05, 0.1) is 0 Å². The summed E-state index contributed by atoms with van der Waals surface area (Å²) in [5, 5.41) is 0. The molecular formula is C4HF9O2. The first-order valence-corrected chi connectivity index (χ1v) is 2.88. The van der Waals surface area contributed by atoms with Crippen LogP contribution < -0.4 is 0 Å². The summed E-state index contributed by atoms with van der Waals surface area (Å²) in [7, 11) is 0. The van der Waals surface area contributed by atoms with Crippen molar-refractivity contribution < 1.29 is 49.3 Å². The minimum absolute atomic E-state index is 1.92. The van der Waals surface area contributed by atoms with E-state index in [0.717, 1.165) is 0 Å². The number of alkyl halides is 9. The van der Waals surface area contributed by atoms with Gasteiger partial charge >= 0.3 is 18.6 Å². The molecule has 1 unspecified atom stereocenters. The predicted molar refractivity (Wildman–Crippen MR) is 24.1 cm³/mol. The third-order valence-electron chi connectivity index (χ3n) is 0.830. The average molecular weight is 252 g/mol. The van der Waals surface area contributed by atoms with Crippen molar-refractivity contribution in [2.75, 3.05) is 0 Å². The van der Waals surface area contributed by atoms with Crippen molar-refractivity contribution in [3.8, 4) is 0 Å². The molecule has 0 rings (SSSR count). The number of hydrogen-bond acceptors (Lipinski definition) is 2. The second-order valence-electron chi connectivity index (χ2n) is 2.08. The molecule has 11 heteroatoms. The molecule has 92 valence electrons. The normalized spacial score (nSPS) is 16.6. The zero-order valence-electron chi connectivity index (χ0n) is 6.30. The average Bonchev–Trinajstić information content (AvgIpc) is 1.97. The van der Waals surface area contributed by atoms with Crippen LogP contribution in [0.1, 0.15) is 0 Å². The molecule has 0 aromatic carbocycles. The molecule has 0 N–H and O–H groups in total. The monoisotopic (exact) mass is 252 g/mol. The van der Waals surface area contributed by atoms with Gasteiger partial charge in [-0.1, -0.05) is 0 Å². The summed E-state index contributed by atoms with van der Waals surface area (Å²) in [6, 6.07) is 0. The summed E-state index contributed by atoms with van der Waals surface area (Å²) in [5.41, 5.74) is 0. The van der Waals surface area contributed by atoms with Crippen molar-refractivity contribution in [2.45, 2.75) is 24.8 Å². The standard InChI is InChI=1S/C4HF9O2/c5-1(2(6,7)8)3(9,10)14-15-4(11,12)13/h1H. The molecule has 2 nitrogen and oxygen atoms in total. The Hall–Kier alpha value is -0.710. The van der Waals surface area contributed by atoms with Gasteiger partial charge in [0.2, 0.25) is 0 Å². The van der Waals surface area contributed by atoms with E-state index >= 15 is 0 Å². The van der Waals surface area contributed by atoms with Crippen molar-refractivity contribution in [3.63, 3.8) is 0 Å². The van der Waals surface area contributed by atoms with Gasteiger partial charge in [-0.3, -0.25) is 0 Å². The van der Waals surface area contributed by atoms with E-state index in [1.165, 1.54) is 0 Å². The molecule has 0 aromatic rings. The SMILES string of the molecule is FC(C(F)(F)F)C(F)(F)OOC(F)(F)F. The molecule has 0 bridgehead atoms. The van der Waals surface area contributed by atoms with E-state index in [4.69, 9.17) is 0 Å². The van der Waals surface area contributed by atoms with E-state index in [1.807, 2.05) is 9.78 Å². The van der Waals surface area contributed by atoms with Gasteiger partial charge in [-0.25, -0.2) is 4.39 Å². The maximum Gasteiger partial charge on any atom is 0.549 e. The first-order valence-electron chi connectivity index (χ1n) is 2.88. The second-order valence-corrected chi connectivity index (χ2v) is 2.08. The van der Waals surface area contributed by atoms with Crippen LogP contribution >= 0.6 is 0 Å². The molecule has 1 atom stereocenters. The maximum atomic E-state index is 11.9. The van der Waals surface area contributed by atoms with Crippen molar-refractivity contribution in [3.05, 3.63) is 0 Å². The molecule has 0 heterocycles. The molecule has 0 spiro atoms. The Labute approximate surface area is 75.5 Å². The highest BCUT2D eigenvalue weighted by Crippen LogP contribution is 2.36. The van der Waals surface area contributed by atoms with Gasteiger partial charge in [-0.2, -0.15) is 26.8 Å². The predicted octanol–water partition coefficient (Wildman–Crippen LogP) is 2.95. The third-order valence-corrected chi connectivity index (χ3v) is 0.830. The van der Waals surface area contributed by atoms with Crippen LogP contribution in [0.2, 0.25) is 0 Å². The van der Waals surface area contributed by atoms with Crippen LogP contribution in [0.25, 0.3) is 0 Å². The van der Waals surface area contributed by atoms with Gasteiger partial charge in [0.15, 0.2) is 0 Å².